The number of thiazole rings is 1. The first-order chi connectivity index (χ1) is 10.3. The average molecular weight is 368 g/mol. The maximum absolute atomic E-state index is 4.62. The molecule has 21 heavy (non-hydrogen) atoms. The Morgan fingerprint density at radius 2 is 2.00 bits per heavy atom. The van der Waals surface area contributed by atoms with Gasteiger partial charge in [-0.3, -0.25) is 0 Å². The van der Waals surface area contributed by atoms with Crippen LogP contribution in [0.4, 0.5) is 10.9 Å². The third kappa shape index (κ3) is 3.36. The maximum Gasteiger partial charge on any atom is 0.185 e. The highest BCUT2D eigenvalue weighted by Gasteiger charge is 2.21. The summed E-state index contributed by atoms with van der Waals surface area (Å²) in [6, 6.07) is 2.14. The van der Waals surface area contributed by atoms with Crippen molar-refractivity contribution in [2.75, 3.05) is 43.0 Å². The predicted octanol–water partition coefficient (Wildman–Crippen LogP) is 2.35. The molecule has 0 aliphatic carbocycles. The number of piperazine rings is 1. The number of aromatic nitrogens is 2. The predicted molar refractivity (Wildman–Crippen MR) is 91.2 cm³/mol. The highest BCUT2D eigenvalue weighted by Crippen LogP contribution is 2.25. The van der Waals surface area contributed by atoms with Gasteiger partial charge in [-0.1, -0.05) is 0 Å². The van der Waals surface area contributed by atoms with E-state index in [2.05, 4.69) is 47.1 Å². The van der Waals surface area contributed by atoms with Crippen LogP contribution in [0.2, 0.25) is 0 Å². The molecule has 1 fully saturated rings. The van der Waals surface area contributed by atoms with Crippen molar-refractivity contribution >= 4 is 38.2 Å². The molecule has 112 valence electrons. The van der Waals surface area contributed by atoms with Gasteiger partial charge < -0.3 is 15.1 Å². The van der Waals surface area contributed by atoms with E-state index in [4.69, 9.17) is 0 Å². The Kier molecular flexibility index (Phi) is 4.72. The van der Waals surface area contributed by atoms with Crippen molar-refractivity contribution in [1.29, 1.82) is 0 Å². The van der Waals surface area contributed by atoms with Crippen molar-refractivity contribution in [2.24, 2.45) is 0 Å². The van der Waals surface area contributed by atoms with Crippen LogP contribution in [0.15, 0.2) is 28.3 Å². The number of rotatable bonds is 4. The number of anilines is 2. The minimum Gasteiger partial charge on any atom is -0.353 e. The molecule has 0 aromatic carbocycles. The fourth-order valence-corrected chi connectivity index (χ4v) is 3.64. The summed E-state index contributed by atoms with van der Waals surface area (Å²) in [4.78, 5) is 13.7. The second-order valence-electron chi connectivity index (χ2n) is 4.96. The minimum absolute atomic E-state index is 0.828. The van der Waals surface area contributed by atoms with E-state index < -0.39 is 0 Å². The van der Waals surface area contributed by atoms with Crippen LogP contribution in [-0.2, 0) is 6.54 Å². The number of hydrogen-bond acceptors (Lipinski definition) is 6. The molecule has 7 heteroatoms. The Bertz CT molecular complexity index is 581. The van der Waals surface area contributed by atoms with Crippen LogP contribution in [0.3, 0.4) is 0 Å². The first kappa shape index (κ1) is 14.7. The van der Waals surface area contributed by atoms with Crippen molar-refractivity contribution in [3.8, 4) is 0 Å². The summed E-state index contributed by atoms with van der Waals surface area (Å²) in [5, 5.41) is 6.37. The zero-order valence-corrected chi connectivity index (χ0v) is 14.3. The molecular formula is C14H18BrN5S. The van der Waals surface area contributed by atoms with E-state index in [1.54, 1.807) is 11.3 Å². The van der Waals surface area contributed by atoms with Crippen molar-refractivity contribution in [3.63, 3.8) is 0 Å². The van der Waals surface area contributed by atoms with Crippen molar-refractivity contribution in [3.05, 3.63) is 33.9 Å². The van der Waals surface area contributed by atoms with Gasteiger partial charge in [0.25, 0.3) is 0 Å². The summed E-state index contributed by atoms with van der Waals surface area (Å²) in [6.07, 6.45) is 3.75. The van der Waals surface area contributed by atoms with Gasteiger partial charge in [0.05, 0.1) is 0 Å². The Morgan fingerprint density at radius 1 is 1.24 bits per heavy atom. The van der Waals surface area contributed by atoms with Crippen LogP contribution >= 0.6 is 27.3 Å². The molecule has 1 N–H and O–H groups in total. The number of hydrogen-bond donors (Lipinski definition) is 1. The summed E-state index contributed by atoms with van der Waals surface area (Å²) in [5.74, 6) is 1.09. The van der Waals surface area contributed by atoms with Gasteiger partial charge in [0.2, 0.25) is 0 Å². The Hall–Kier alpha value is -1.18. The van der Waals surface area contributed by atoms with Crippen LogP contribution in [0.25, 0.3) is 0 Å². The number of pyridine rings is 1. The first-order valence-corrected chi connectivity index (χ1v) is 8.63. The second kappa shape index (κ2) is 6.72. The van der Waals surface area contributed by atoms with E-state index in [-0.39, 0.29) is 0 Å². The standard InChI is InChI=1S/C14H18BrN5S/c1-16-9-11-8-12(15)10-18-13(11)19-3-5-20(6-4-19)14-17-2-7-21-14/h2,7-8,10,16H,3-6,9H2,1H3. The molecule has 0 saturated carbocycles. The van der Waals surface area contributed by atoms with E-state index in [0.717, 1.165) is 48.1 Å². The van der Waals surface area contributed by atoms with Gasteiger partial charge in [-0.15, -0.1) is 11.3 Å². The Labute approximate surface area is 137 Å². The SMILES string of the molecule is CNCc1cc(Br)cnc1N1CCN(c2nccs2)CC1. The maximum atomic E-state index is 4.62. The Balaban J connectivity index is 1.72. The molecule has 0 atom stereocenters. The molecule has 1 aliphatic heterocycles. The van der Waals surface area contributed by atoms with Gasteiger partial charge in [-0.05, 0) is 29.0 Å². The van der Waals surface area contributed by atoms with Crippen LogP contribution in [-0.4, -0.2) is 43.2 Å². The molecule has 2 aromatic heterocycles. The smallest absolute Gasteiger partial charge is 0.185 e. The molecule has 1 saturated heterocycles. The molecule has 3 heterocycles. The number of nitrogens with zero attached hydrogens (tertiary/aromatic N) is 4. The molecule has 0 unspecified atom stereocenters. The van der Waals surface area contributed by atoms with Gasteiger partial charge in [0.1, 0.15) is 5.82 Å². The average Bonchev–Trinajstić information content (AvgIpc) is 3.02. The third-order valence-corrected chi connectivity index (χ3v) is 4.81. The lowest BCUT2D eigenvalue weighted by Gasteiger charge is -2.36. The summed E-state index contributed by atoms with van der Waals surface area (Å²) >= 11 is 5.21. The lowest BCUT2D eigenvalue weighted by Crippen LogP contribution is -2.47. The number of halogens is 1. The van der Waals surface area contributed by atoms with Gasteiger partial charge in [0, 0.05) is 60.5 Å². The zero-order valence-electron chi connectivity index (χ0n) is 11.9. The van der Waals surface area contributed by atoms with Gasteiger partial charge in [-0.25, -0.2) is 9.97 Å². The molecule has 0 spiro atoms. The molecule has 5 nitrogen and oxygen atoms in total. The van der Waals surface area contributed by atoms with Gasteiger partial charge in [0.15, 0.2) is 5.13 Å². The van der Waals surface area contributed by atoms with E-state index in [0.29, 0.717) is 0 Å². The topological polar surface area (TPSA) is 44.3 Å². The fraction of sp³-hybridized carbons (Fsp3) is 0.429. The quantitative estimate of drug-likeness (QED) is 0.898. The van der Waals surface area contributed by atoms with E-state index >= 15 is 0 Å². The summed E-state index contributed by atoms with van der Waals surface area (Å²) in [7, 11) is 1.96. The molecule has 3 rings (SSSR count). The summed E-state index contributed by atoms with van der Waals surface area (Å²) < 4.78 is 1.03. The fourth-order valence-electron chi connectivity index (χ4n) is 2.56. The molecule has 1 aliphatic rings. The molecule has 0 radical (unpaired) electrons. The van der Waals surface area contributed by atoms with Crippen LogP contribution < -0.4 is 15.1 Å². The highest BCUT2D eigenvalue weighted by molar-refractivity contribution is 9.10. The van der Waals surface area contributed by atoms with Crippen LogP contribution in [0.1, 0.15) is 5.56 Å². The molecule has 0 bridgehead atoms. The molecular weight excluding hydrogens is 350 g/mol. The largest absolute Gasteiger partial charge is 0.353 e. The highest BCUT2D eigenvalue weighted by atomic mass is 79.9. The normalized spacial score (nSPS) is 15.5. The van der Waals surface area contributed by atoms with Crippen molar-refractivity contribution < 1.29 is 0 Å². The summed E-state index contributed by atoms with van der Waals surface area (Å²) in [6.45, 7) is 4.76. The van der Waals surface area contributed by atoms with E-state index in [9.17, 15) is 0 Å². The second-order valence-corrected chi connectivity index (χ2v) is 6.74. The van der Waals surface area contributed by atoms with Crippen LogP contribution in [0, 0.1) is 0 Å². The van der Waals surface area contributed by atoms with Crippen molar-refractivity contribution in [2.45, 2.75) is 6.54 Å². The minimum atomic E-state index is 0.828. The molecule has 2 aromatic rings. The van der Waals surface area contributed by atoms with Gasteiger partial charge in [-0.2, -0.15) is 0 Å². The number of nitrogens with one attached hydrogen (secondary N) is 1. The lowest BCUT2D eigenvalue weighted by molar-refractivity contribution is 0.641. The summed E-state index contributed by atoms with van der Waals surface area (Å²) in [5.41, 5.74) is 1.23. The first-order valence-electron chi connectivity index (χ1n) is 6.96. The van der Waals surface area contributed by atoms with Crippen LogP contribution in [0.5, 0.6) is 0 Å². The zero-order chi connectivity index (χ0) is 14.7. The van der Waals surface area contributed by atoms with Gasteiger partial charge >= 0.3 is 0 Å². The third-order valence-electron chi connectivity index (χ3n) is 3.55. The lowest BCUT2D eigenvalue weighted by atomic mass is 10.2. The van der Waals surface area contributed by atoms with E-state index in [1.807, 2.05) is 24.8 Å². The van der Waals surface area contributed by atoms with E-state index in [1.165, 1.54) is 5.56 Å². The molecule has 0 amide bonds. The van der Waals surface area contributed by atoms with Crippen molar-refractivity contribution in [1.82, 2.24) is 15.3 Å². The Morgan fingerprint density at radius 3 is 2.67 bits per heavy atom. The monoisotopic (exact) mass is 367 g/mol.